The molecular formula is C16H13N3O2S. The number of nitrogens with zero attached hydrogens (tertiary/aromatic N) is 3. The van der Waals surface area contributed by atoms with Crippen molar-refractivity contribution >= 4 is 9.84 Å². The molecule has 0 aromatic carbocycles. The van der Waals surface area contributed by atoms with E-state index in [2.05, 4.69) is 15.0 Å². The Hall–Kier alpha value is -2.60. The second kappa shape index (κ2) is 5.65. The second-order valence-electron chi connectivity index (χ2n) is 4.78. The number of pyridine rings is 3. The van der Waals surface area contributed by atoms with Crippen LogP contribution in [0.2, 0.25) is 0 Å². The predicted molar refractivity (Wildman–Crippen MR) is 83.8 cm³/mol. The van der Waals surface area contributed by atoms with Crippen LogP contribution in [0.4, 0.5) is 0 Å². The van der Waals surface area contributed by atoms with Crippen LogP contribution in [0.25, 0.3) is 22.8 Å². The number of hydrogen-bond donors (Lipinski definition) is 0. The summed E-state index contributed by atoms with van der Waals surface area (Å²) in [5.74, 6) is 0. The summed E-state index contributed by atoms with van der Waals surface area (Å²) in [6, 6.07) is 13.9. The van der Waals surface area contributed by atoms with Crippen LogP contribution in [0.15, 0.2) is 65.8 Å². The van der Waals surface area contributed by atoms with Crippen molar-refractivity contribution in [2.75, 3.05) is 6.26 Å². The normalized spacial score (nSPS) is 11.3. The van der Waals surface area contributed by atoms with Gasteiger partial charge in [-0.1, -0.05) is 12.1 Å². The van der Waals surface area contributed by atoms with Gasteiger partial charge in [-0.2, -0.15) is 0 Å². The first-order valence-electron chi connectivity index (χ1n) is 6.59. The molecular weight excluding hydrogens is 298 g/mol. The van der Waals surface area contributed by atoms with E-state index < -0.39 is 9.84 Å². The number of sulfone groups is 1. The Balaban J connectivity index is 2.24. The van der Waals surface area contributed by atoms with Gasteiger partial charge in [0.25, 0.3) is 0 Å². The van der Waals surface area contributed by atoms with Crippen molar-refractivity contribution in [3.63, 3.8) is 0 Å². The zero-order chi connectivity index (χ0) is 15.6. The molecule has 0 radical (unpaired) electrons. The summed E-state index contributed by atoms with van der Waals surface area (Å²) < 4.78 is 23.9. The van der Waals surface area contributed by atoms with Crippen molar-refractivity contribution in [2.45, 2.75) is 4.90 Å². The number of hydrogen-bond acceptors (Lipinski definition) is 5. The molecule has 5 nitrogen and oxygen atoms in total. The Morgan fingerprint density at radius 1 is 0.773 bits per heavy atom. The van der Waals surface area contributed by atoms with Crippen molar-refractivity contribution in [2.24, 2.45) is 0 Å². The molecule has 0 fully saturated rings. The van der Waals surface area contributed by atoms with Crippen molar-refractivity contribution in [3.05, 3.63) is 60.9 Å². The standard InChI is InChI=1S/C16H13N3O2S/c1-22(20,21)12-10-15(13-6-2-4-8-17-13)19-16(11-12)14-7-3-5-9-18-14/h2-11H,1H3. The van der Waals surface area contributed by atoms with E-state index >= 15 is 0 Å². The highest BCUT2D eigenvalue weighted by atomic mass is 32.2. The van der Waals surface area contributed by atoms with Gasteiger partial charge in [-0.15, -0.1) is 0 Å². The number of rotatable bonds is 3. The minimum Gasteiger partial charge on any atom is -0.255 e. The van der Waals surface area contributed by atoms with Crippen molar-refractivity contribution in [3.8, 4) is 22.8 Å². The summed E-state index contributed by atoms with van der Waals surface area (Å²) in [7, 11) is -3.36. The third-order valence-electron chi connectivity index (χ3n) is 3.08. The van der Waals surface area contributed by atoms with Gasteiger partial charge in [0.15, 0.2) is 9.84 Å². The zero-order valence-corrected chi connectivity index (χ0v) is 12.7. The molecule has 0 unspecified atom stereocenters. The SMILES string of the molecule is CS(=O)(=O)c1cc(-c2ccccn2)nc(-c2ccccn2)c1. The first-order chi connectivity index (χ1) is 10.5. The Morgan fingerprint density at radius 2 is 1.27 bits per heavy atom. The van der Waals surface area contributed by atoms with E-state index in [1.165, 1.54) is 18.4 Å². The Labute approximate surface area is 128 Å². The molecule has 0 saturated heterocycles. The maximum atomic E-state index is 11.9. The van der Waals surface area contributed by atoms with Gasteiger partial charge < -0.3 is 0 Å². The topological polar surface area (TPSA) is 72.8 Å². The molecule has 3 rings (SSSR count). The van der Waals surface area contributed by atoms with E-state index in [9.17, 15) is 8.42 Å². The van der Waals surface area contributed by atoms with Gasteiger partial charge in [-0.3, -0.25) is 9.97 Å². The first-order valence-corrected chi connectivity index (χ1v) is 8.48. The van der Waals surface area contributed by atoms with Crippen LogP contribution in [0.1, 0.15) is 0 Å². The molecule has 0 amide bonds. The van der Waals surface area contributed by atoms with Crippen molar-refractivity contribution in [1.82, 2.24) is 15.0 Å². The van der Waals surface area contributed by atoms with Crippen LogP contribution in [0.3, 0.4) is 0 Å². The molecule has 0 saturated carbocycles. The summed E-state index contributed by atoms with van der Waals surface area (Å²) in [6.07, 6.45) is 4.46. The Morgan fingerprint density at radius 3 is 1.64 bits per heavy atom. The molecule has 0 atom stereocenters. The molecule has 0 spiro atoms. The molecule has 3 heterocycles. The van der Waals surface area contributed by atoms with Crippen molar-refractivity contribution < 1.29 is 8.42 Å². The number of aromatic nitrogens is 3. The van der Waals surface area contributed by atoms with Gasteiger partial charge in [-0.05, 0) is 36.4 Å². The molecule has 0 aliphatic rings. The largest absolute Gasteiger partial charge is 0.255 e. The maximum absolute atomic E-state index is 11.9. The quantitative estimate of drug-likeness (QED) is 0.743. The van der Waals surface area contributed by atoms with Crippen LogP contribution >= 0.6 is 0 Å². The van der Waals surface area contributed by atoms with E-state index in [1.54, 1.807) is 36.7 Å². The molecule has 3 aromatic heterocycles. The first kappa shape index (κ1) is 14.3. The highest BCUT2D eigenvalue weighted by Gasteiger charge is 2.14. The van der Waals surface area contributed by atoms with Gasteiger partial charge in [0.2, 0.25) is 0 Å². The van der Waals surface area contributed by atoms with Gasteiger partial charge >= 0.3 is 0 Å². The highest BCUT2D eigenvalue weighted by molar-refractivity contribution is 7.90. The zero-order valence-electron chi connectivity index (χ0n) is 11.8. The summed E-state index contributed by atoms with van der Waals surface area (Å²) >= 11 is 0. The molecule has 3 aromatic rings. The Bertz CT molecular complexity index is 837. The van der Waals surface area contributed by atoms with Crippen LogP contribution in [-0.2, 0) is 9.84 Å². The minimum absolute atomic E-state index is 0.198. The average molecular weight is 311 g/mol. The molecule has 6 heteroatoms. The smallest absolute Gasteiger partial charge is 0.175 e. The van der Waals surface area contributed by atoms with E-state index in [4.69, 9.17) is 0 Å². The van der Waals surface area contributed by atoms with Crippen LogP contribution in [0, 0.1) is 0 Å². The summed E-state index contributed by atoms with van der Waals surface area (Å²) in [6.45, 7) is 0. The van der Waals surface area contributed by atoms with Gasteiger partial charge in [0.05, 0.1) is 27.7 Å². The van der Waals surface area contributed by atoms with E-state index in [1.807, 2.05) is 12.1 Å². The fraction of sp³-hybridized carbons (Fsp3) is 0.0625. The predicted octanol–water partition coefficient (Wildman–Crippen LogP) is 2.61. The van der Waals surface area contributed by atoms with E-state index in [0.717, 1.165) is 0 Å². The van der Waals surface area contributed by atoms with Gasteiger partial charge in [0, 0.05) is 18.6 Å². The van der Waals surface area contributed by atoms with E-state index in [0.29, 0.717) is 22.8 Å². The van der Waals surface area contributed by atoms with Crippen LogP contribution < -0.4 is 0 Å². The molecule has 0 bridgehead atoms. The lowest BCUT2D eigenvalue weighted by Gasteiger charge is -2.07. The summed E-state index contributed by atoms with van der Waals surface area (Å²) in [5, 5.41) is 0. The third kappa shape index (κ3) is 3.01. The molecule has 110 valence electrons. The summed E-state index contributed by atoms with van der Waals surface area (Å²) in [5.41, 5.74) is 2.24. The maximum Gasteiger partial charge on any atom is 0.175 e. The minimum atomic E-state index is -3.36. The Kier molecular flexibility index (Phi) is 3.68. The molecule has 0 aliphatic heterocycles. The molecule has 0 aliphatic carbocycles. The second-order valence-corrected chi connectivity index (χ2v) is 6.79. The fourth-order valence-electron chi connectivity index (χ4n) is 2.01. The van der Waals surface area contributed by atoms with Gasteiger partial charge in [-0.25, -0.2) is 13.4 Å². The summed E-state index contributed by atoms with van der Waals surface area (Å²) in [4.78, 5) is 13.2. The monoisotopic (exact) mass is 311 g/mol. The third-order valence-corrected chi connectivity index (χ3v) is 4.17. The van der Waals surface area contributed by atoms with Crippen molar-refractivity contribution in [1.29, 1.82) is 0 Å². The van der Waals surface area contributed by atoms with Crippen LogP contribution in [-0.4, -0.2) is 29.6 Å². The fourth-order valence-corrected chi connectivity index (χ4v) is 2.66. The van der Waals surface area contributed by atoms with Crippen LogP contribution in [0.5, 0.6) is 0 Å². The molecule has 0 N–H and O–H groups in total. The molecule has 22 heavy (non-hydrogen) atoms. The lowest BCUT2D eigenvalue weighted by atomic mass is 10.2. The lowest BCUT2D eigenvalue weighted by Crippen LogP contribution is -2.01. The lowest BCUT2D eigenvalue weighted by molar-refractivity contribution is 0.602. The highest BCUT2D eigenvalue weighted by Crippen LogP contribution is 2.24. The van der Waals surface area contributed by atoms with Gasteiger partial charge in [0.1, 0.15) is 0 Å². The van der Waals surface area contributed by atoms with E-state index in [-0.39, 0.29) is 4.90 Å². The average Bonchev–Trinajstić information content (AvgIpc) is 2.55.